The summed E-state index contributed by atoms with van der Waals surface area (Å²) in [6.45, 7) is 5.89. The van der Waals surface area contributed by atoms with Gasteiger partial charge in [-0.1, -0.05) is 23.8 Å². The van der Waals surface area contributed by atoms with E-state index in [2.05, 4.69) is 37.1 Å². The Balaban J connectivity index is 1.57. The van der Waals surface area contributed by atoms with Crippen LogP contribution in [0.15, 0.2) is 36.7 Å². The average Bonchev–Trinajstić information content (AvgIpc) is 3.08. The summed E-state index contributed by atoms with van der Waals surface area (Å²) in [5.74, 6) is 0.266. The molecular formula is C19H25N3O. The van der Waals surface area contributed by atoms with Gasteiger partial charge in [-0.05, 0) is 50.3 Å². The maximum absolute atomic E-state index is 12.6. The number of benzene rings is 1. The molecule has 1 aliphatic heterocycles. The Labute approximate surface area is 138 Å². The van der Waals surface area contributed by atoms with Crippen LogP contribution in [0.3, 0.4) is 0 Å². The molecular weight excluding hydrogens is 286 g/mol. The number of hydrogen-bond acceptors (Lipinski definition) is 2. The number of hydrogen-bond donors (Lipinski definition) is 0. The molecule has 23 heavy (non-hydrogen) atoms. The molecule has 122 valence electrons. The van der Waals surface area contributed by atoms with E-state index in [0.717, 1.165) is 32.4 Å². The molecule has 1 aromatic heterocycles. The van der Waals surface area contributed by atoms with Gasteiger partial charge in [-0.15, -0.1) is 0 Å². The monoisotopic (exact) mass is 311 g/mol. The van der Waals surface area contributed by atoms with Gasteiger partial charge < -0.3 is 4.90 Å². The highest BCUT2D eigenvalue weighted by Crippen LogP contribution is 2.22. The predicted molar refractivity (Wildman–Crippen MR) is 91.3 cm³/mol. The molecule has 3 rings (SSSR count). The van der Waals surface area contributed by atoms with Crippen molar-refractivity contribution in [2.24, 2.45) is 0 Å². The molecule has 0 bridgehead atoms. The largest absolute Gasteiger partial charge is 0.341 e. The van der Waals surface area contributed by atoms with Crippen LogP contribution in [-0.4, -0.2) is 33.7 Å². The van der Waals surface area contributed by atoms with Gasteiger partial charge in [0.25, 0.3) is 0 Å². The molecule has 4 nitrogen and oxygen atoms in total. The fourth-order valence-corrected chi connectivity index (χ4v) is 3.42. The third kappa shape index (κ3) is 3.81. The smallest absolute Gasteiger partial charge is 0.222 e. The number of piperidine rings is 1. The third-order valence-electron chi connectivity index (χ3n) is 4.75. The summed E-state index contributed by atoms with van der Waals surface area (Å²) >= 11 is 0. The molecule has 0 saturated carbocycles. The van der Waals surface area contributed by atoms with Gasteiger partial charge in [0.15, 0.2) is 0 Å². The standard InChI is InChI=1S/C19H25N3O/c1-15-6-7-17(16(2)13-15)8-9-19(23)21-11-3-5-18(14-21)22-12-4-10-20-22/h4,6-7,10,12-13,18H,3,5,8-9,11,14H2,1-2H3. The van der Waals surface area contributed by atoms with Gasteiger partial charge in [-0.25, -0.2) is 0 Å². The number of likely N-dealkylation sites (tertiary alicyclic amines) is 1. The molecule has 4 heteroatoms. The Morgan fingerprint density at radius 1 is 1.35 bits per heavy atom. The average molecular weight is 311 g/mol. The molecule has 1 unspecified atom stereocenters. The van der Waals surface area contributed by atoms with Gasteiger partial charge in [0.2, 0.25) is 5.91 Å². The third-order valence-corrected chi connectivity index (χ3v) is 4.75. The van der Waals surface area contributed by atoms with E-state index in [1.807, 2.05) is 21.8 Å². The lowest BCUT2D eigenvalue weighted by Gasteiger charge is -2.33. The molecule has 1 atom stereocenters. The summed E-state index contributed by atoms with van der Waals surface area (Å²) in [4.78, 5) is 14.6. The van der Waals surface area contributed by atoms with Crippen LogP contribution >= 0.6 is 0 Å². The van der Waals surface area contributed by atoms with E-state index in [1.165, 1.54) is 16.7 Å². The second-order valence-electron chi connectivity index (χ2n) is 6.55. The van der Waals surface area contributed by atoms with Gasteiger partial charge in [-0.3, -0.25) is 9.48 Å². The molecule has 0 spiro atoms. The maximum atomic E-state index is 12.6. The van der Waals surface area contributed by atoms with Crippen LogP contribution in [0.5, 0.6) is 0 Å². The van der Waals surface area contributed by atoms with Crippen molar-refractivity contribution < 1.29 is 4.79 Å². The molecule has 1 fully saturated rings. The van der Waals surface area contributed by atoms with E-state index in [1.54, 1.807) is 6.20 Å². The Bertz CT molecular complexity index is 663. The molecule has 1 amide bonds. The number of nitrogens with zero attached hydrogens (tertiary/aromatic N) is 3. The van der Waals surface area contributed by atoms with E-state index in [0.29, 0.717) is 12.5 Å². The Morgan fingerprint density at radius 2 is 2.22 bits per heavy atom. The van der Waals surface area contributed by atoms with E-state index in [-0.39, 0.29) is 5.91 Å². The minimum absolute atomic E-state index is 0.266. The van der Waals surface area contributed by atoms with Crippen molar-refractivity contribution in [2.75, 3.05) is 13.1 Å². The van der Waals surface area contributed by atoms with Crippen LogP contribution in [-0.2, 0) is 11.2 Å². The van der Waals surface area contributed by atoms with Gasteiger partial charge in [0.05, 0.1) is 6.04 Å². The molecule has 0 N–H and O–H groups in total. The van der Waals surface area contributed by atoms with Gasteiger partial charge >= 0.3 is 0 Å². The molecule has 1 saturated heterocycles. The Morgan fingerprint density at radius 3 is 2.96 bits per heavy atom. The number of carbonyl (C=O) groups excluding carboxylic acids is 1. The summed E-state index contributed by atoms with van der Waals surface area (Å²) in [7, 11) is 0. The minimum Gasteiger partial charge on any atom is -0.341 e. The van der Waals surface area contributed by atoms with Crippen molar-refractivity contribution in [1.82, 2.24) is 14.7 Å². The fourth-order valence-electron chi connectivity index (χ4n) is 3.42. The second kappa shape index (κ2) is 6.99. The van der Waals surface area contributed by atoms with Crippen molar-refractivity contribution in [3.63, 3.8) is 0 Å². The maximum Gasteiger partial charge on any atom is 0.222 e. The zero-order valence-corrected chi connectivity index (χ0v) is 14.0. The normalized spacial score (nSPS) is 18.2. The summed E-state index contributed by atoms with van der Waals surface area (Å²) in [5.41, 5.74) is 3.84. The highest BCUT2D eigenvalue weighted by atomic mass is 16.2. The van der Waals surface area contributed by atoms with Gasteiger partial charge in [-0.2, -0.15) is 5.10 Å². The van der Waals surface area contributed by atoms with Gasteiger partial charge in [0, 0.05) is 31.9 Å². The Kier molecular flexibility index (Phi) is 4.79. The Hall–Kier alpha value is -2.10. The van der Waals surface area contributed by atoms with Crippen molar-refractivity contribution in [1.29, 1.82) is 0 Å². The highest BCUT2D eigenvalue weighted by molar-refractivity contribution is 5.76. The topological polar surface area (TPSA) is 38.1 Å². The number of aryl methyl sites for hydroxylation is 3. The van der Waals surface area contributed by atoms with Crippen molar-refractivity contribution in [3.8, 4) is 0 Å². The van der Waals surface area contributed by atoms with Crippen molar-refractivity contribution in [3.05, 3.63) is 53.3 Å². The first-order valence-electron chi connectivity index (χ1n) is 8.46. The van der Waals surface area contributed by atoms with Gasteiger partial charge in [0.1, 0.15) is 0 Å². The number of carbonyl (C=O) groups is 1. The van der Waals surface area contributed by atoms with Crippen LogP contribution in [0.25, 0.3) is 0 Å². The molecule has 2 heterocycles. The minimum atomic E-state index is 0.266. The van der Waals surface area contributed by atoms with Crippen LogP contribution < -0.4 is 0 Å². The highest BCUT2D eigenvalue weighted by Gasteiger charge is 2.24. The number of aromatic nitrogens is 2. The van der Waals surface area contributed by atoms with E-state index in [4.69, 9.17) is 0 Å². The summed E-state index contributed by atoms with van der Waals surface area (Å²) in [5, 5.41) is 4.33. The van der Waals surface area contributed by atoms with E-state index < -0.39 is 0 Å². The first-order valence-corrected chi connectivity index (χ1v) is 8.46. The molecule has 0 radical (unpaired) electrons. The molecule has 0 aliphatic carbocycles. The van der Waals surface area contributed by atoms with E-state index in [9.17, 15) is 4.79 Å². The first kappa shape index (κ1) is 15.8. The SMILES string of the molecule is Cc1ccc(CCC(=O)N2CCCC(n3cccn3)C2)c(C)c1. The van der Waals surface area contributed by atoms with E-state index >= 15 is 0 Å². The van der Waals surface area contributed by atoms with Crippen molar-refractivity contribution >= 4 is 5.91 Å². The molecule has 1 aromatic carbocycles. The lowest BCUT2D eigenvalue weighted by atomic mass is 10.0. The zero-order chi connectivity index (χ0) is 16.2. The lowest BCUT2D eigenvalue weighted by Crippen LogP contribution is -2.40. The second-order valence-corrected chi connectivity index (χ2v) is 6.55. The van der Waals surface area contributed by atoms with Crippen LogP contribution in [0.4, 0.5) is 0 Å². The van der Waals surface area contributed by atoms with Crippen LogP contribution in [0.1, 0.15) is 42.0 Å². The number of amides is 1. The first-order chi connectivity index (χ1) is 11.1. The summed E-state index contributed by atoms with van der Waals surface area (Å²) in [6.07, 6.45) is 7.38. The molecule has 2 aromatic rings. The van der Waals surface area contributed by atoms with Crippen LogP contribution in [0.2, 0.25) is 0 Å². The summed E-state index contributed by atoms with van der Waals surface area (Å²) in [6, 6.07) is 8.74. The molecule has 1 aliphatic rings. The lowest BCUT2D eigenvalue weighted by molar-refractivity contribution is -0.132. The fraction of sp³-hybridized carbons (Fsp3) is 0.474. The quantitative estimate of drug-likeness (QED) is 0.869. The van der Waals surface area contributed by atoms with Crippen molar-refractivity contribution in [2.45, 2.75) is 45.6 Å². The zero-order valence-electron chi connectivity index (χ0n) is 14.0. The number of rotatable bonds is 4. The predicted octanol–water partition coefficient (Wildman–Crippen LogP) is 3.30. The van der Waals surface area contributed by atoms with Crippen LogP contribution in [0, 0.1) is 13.8 Å². The summed E-state index contributed by atoms with van der Waals surface area (Å²) < 4.78 is 1.99.